The molecule has 0 aliphatic heterocycles. The van der Waals surface area contributed by atoms with E-state index in [9.17, 15) is 4.79 Å². The number of hydrogen-bond acceptors (Lipinski definition) is 2. The largest absolute Gasteiger partial charge is 0.480 e. The molecule has 0 aromatic carbocycles. The van der Waals surface area contributed by atoms with Crippen molar-refractivity contribution in [1.29, 1.82) is 0 Å². The van der Waals surface area contributed by atoms with Crippen LogP contribution in [0.2, 0.25) is 0 Å². The summed E-state index contributed by atoms with van der Waals surface area (Å²) in [6.45, 7) is 0. The Morgan fingerprint density at radius 3 is 2.55 bits per heavy atom. The van der Waals surface area contributed by atoms with Gasteiger partial charge in [-0.1, -0.05) is 28.8 Å². The summed E-state index contributed by atoms with van der Waals surface area (Å²) in [5.41, 5.74) is 5.29. The fourth-order valence-electron chi connectivity index (χ4n) is 0.759. The number of carboxylic acid groups (broad SMARTS) is 1. The Morgan fingerprint density at radius 2 is 2.09 bits per heavy atom. The Labute approximate surface area is 75.1 Å². The first-order valence-corrected chi connectivity index (χ1v) is 4.85. The molecule has 11 heavy (non-hydrogen) atoms. The van der Waals surface area contributed by atoms with Gasteiger partial charge in [0.05, 0.1) is 0 Å². The second kappa shape index (κ2) is 6.61. The summed E-state index contributed by atoms with van der Waals surface area (Å²) in [5.74, 6) is -0.899. The Kier molecular flexibility index (Phi) is 6.56. The van der Waals surface area contributed by atoms with Crippen LogP contribution in [0.5, 0.6) is 0 Å². The van der Waals surface area contributed by atoms with Gasteiger partial charge in [-0.05, 0) is 12.8 Å². The van der Waals surface area contributed by atoms with Crippen molar-refractivity contribution in [2.24, 2.45) is 5.73 Å². The fourth-order valence-corrected chi connectivity index (χ4v) is 1.16. The van der Waals surface area contributed by atoms with Gasteiger partial charge in [0.25, 0.3) is 0 Å². The number of unbranched alkanes of at least 4 members (excludes halogenated alkanes) is 2. The lowest BCUT2D eigenvalue weighted by Gasteiger charge is -2.04. The lowest BCUT2D eigenvalue weighted by molar-refractivity contribution is -0.138. The zero-order chi connectivity index (χ0) is 8.69. The number of alkyl halides is 1. The van der Waals surface area contributed by atoms with Crippen LogP contribution in [0.15, 0.2) is 0 Å². The van der Waals surface area contributed by atoms with Gasteiger partial charge < -0.3 is 10.8 Å². The predicted octanol–water partition coefficient (Wildman–Crippen LogP) is 1.35. The number of aliphatic carboxylic acids is 1. The molecule has 66 valence electrons. The van der Waals surface area contributed by atoms with Crippen molar-refractivity contribution in [2.45, 2.75) is 31.7 Å². The Bertz CT molecular complexity index is 119. The van der Waals surface area contributed by atoms with Gasteiger partial charge >= 0.3 is 5.97 Å². The van der Waals surface area contributed by atoms with Crippen molar-refractivity contribution < 1.29 is 9.90 Å². The number of halogens is 1. The molecule has 1 atom stereocenters. The summed E-state index contributed by atoms with van der Waals surface area (Å²) in [7, 11) is 0. The maximum absolute atomic E-state index is 10.2. The van der Waals surface area contributed by atoms with Crippen molar-refractivity contribution in [2.75, 3.05) is 5.33 Å². The molecule has 0 radical (unpaired) electrons. The Morgan fingerprint density at radius 1 is 1.45 bits per heavy atom. The average Bonchev–Trinajstić information content (AvgIpc) is 1.97. The lowest BCUT2D eigenvalue weighted by atomic mass is 10.1. The average molecular weight is 224 g/mol. The van der Waals surface area contributed by atoms with E-state index >= 15 is 0 Å². The van der Waals surface area contributed by atoms with Crippen LogP contribution >= 0.6 is 15.9 Å². The second-order valence-electron chi connectivity index (χ2n) is 2.48. The fraction of sp³-hybridized carbons (Fsp3) is 0.857. The normalized spacial score (nSPS) is 12.9. The number of carboxylic acids is 1. The molecule has 0 aromatic heterocycles. The number of carbonyl (C=O) groups is 1. The van der Waals surface area contributed by atoms with Gasteiger partial charge in [-0.25, -0.2) is 0 Å². The third kappa shape index (κ3) is 6.31. The van der Waals surface area contributed by atoms with Crippen LogP contribution in [-0.2, 0) is 4.79 Å². The van der Waals surface area contributed by atoms with Gasteiger partial charge in [0.15, 0.2) is 0 Å². The molecule has 0 amide bonds. The quantitative estimate of drug-likeness (QED) is 0.528. The van der Waals surface area contributed by atoms with E-state index in [4.69, 9.17) is 10.8 Å². The van der Waals surface area contributed by atoms with Gasteiger partial charge in [-0.2, -0.15) is 0 Å². The van der Waals surface area contributed by atoms with Crippen molar-refractivity contribution >= 4 is 21.9 Å². The summed E-state index contributed by atoms with van der Waals surface area (Å²) in [4.78, 5) is 10.2. The summed E-state index contributed by atoms with van der Waals surface area (Å²) in [6, 6.07) is -0.676. The van der Waals surface area contributed by atoms with E-state index in [2.05, 4.69) is 15.9 Å². The van der Waals surface area contributed by atoms with E-state index in [1.54, 1.807) is 0 Å². The SMILES string of the molecule is NC(CCCCCBr)C(=O)O. The first-order chi connectivity index (χ1) is 5.18. The molecule has 0 rings (SSSR count). The minimum atomic E-state index is -0.899. The van der Waals surface area contributed by atoms with Crippen molar-refractivity contribution in [1.82, 2.24) is 0 Å². The van der Waals surface area contributed by atoms with Crippen molar-refractivity contribution in [3.05, 3.63) is 0 Å². The van der Waals surface area contributed by atoms with Crippen LogP contribution in [-0.4, -0.2) is 22.4 Å². The highest BCUT2D eigenvalue weighted by Gasteiger charge is 2.09. The van der Waals surface area contributed by atoms with Gasteiger partial charge in [0, 0.05) is 5.33 Å². The molecule has 3 nitrogen and oxygen atoms in total. The minimum Gasteiger partial charge on any atom is -0.480 e. The molecule has 0 aliphatic rings. The number of nitrogens with two attached hydrogens (primary N) is 1. The first kappa shape index (κ1) is 10.9. The van der Waals surface area contributed by atoms with E-state index in [-0.39, 0.29) is 0 Å². The van der Waals surface area contributed by atoms with E-state index in [0.717, 1.165) is 24.6 Å². The van der Waals surface area contributed by atoms with Crippen LogP contribution in [0, 0.1) is 0 Å². The van der Waals surface area contributed by atoms with Crippen LogP contribution in [0.1, 0.15) is 25.7 Å². The topological polar surface area (TPSA) is 63.3 Å². The standard InChI is InChI=1S/C7H14BrNO2/c8-5-3-1-2-4-6(9)7(10)11/h6H,1-5,9H2,(H,10,11). The van der Waals surface area contributed by atoms with Crippen molar-refractivity contribution in [3.63, 3.8) is 0 Å². The highest BCUT2D eigenvalue weighted by atomic mass is 79.9. The molecule has 0 aliphatic carbocycles. The van der Waals surface area contributed by atoms with E-state index < -0.39 is 12.0 Å². The van der Waals surface area contributed by atoms with Gasteiger partial charge in [0.2, 0.25) is 0 Å². The maximum Gasteiger partial charge on any atom is 0.320 e. The number of rotatable bonds is 6. The molecular weight excluding hydrogens is 210 g/mol. The van der Waals surface area contributed by atoms with Gasteiger partial charge in [-0.3, -0.25) is 4.79 Å². The van der Waals surface area contributed by atoms with E-state index in [1.165, 1.54) is 0 Å². The number of hydrogen-bond donors (Lipinski definition) is 2. The first-order valence-electron chi connectivity index (χ1n) is 3.73. The van der Waals surface area contributed by atoms with E-state index in [0.29, 0.717) is 6.42 Å². The Hall–Kier alpha value is -0.0900. The smallest absolute Gasteiger partial charge is 0.320 e. The molecule has 4 heteroatoms. The zero-order valence-electron chi connectivity index (χ0n) is 6.42. The van der Waals surface area contributed by atoms with Crippen molar-refractivity contribution in [3.8, 4) is 0 Å². The molecule has 0 saturated heterocycles. The molecule has 1 unspecified atom stereocenters. The zero-order valence-corrected chi connectivity index (χ0v) is 8.01. The minimum absolute atomic E-state index is 0.586. The monoisotopic (exact) mass is 223 g/mol. The highest BCUT2D eigenvalue weighted by molar-refractivity contribution is 9.09. The molecule has 3 N–H and O–H groups in total. The molecule has 0 fully saturated rings. The Balaban J connectivity index is 3.17. The second-order valence-corrected chi connectivity index (χ2v) is 3.28. The molecule has 0 heterocycles. The van der Waals surface area contributed by atoms with E-state index in [1.807, 2.05) is 0 Å². The summed E-state index contributed by atoms with van der Waals surface area (Å²) >= 11 is 3.30. The third-order valence-electron chi connectivity index (χ3n) is 1.47. The molecule has 0 aromatic rings. The molecular formula is C7H14BrNO2. The van der Waals surface area contributed by atoms with Crippen LogP contribution in [0.3, 0.4) is 0 Å². The lowest BCUT2D eigenvalue weighted by Crippen LogP contribution is -2.29. The molecule has 0 spiro atoms. The van der Waals surface area contributed by atoms with Crippen LogP contribution < -0.4 is 5.73 Å². The molecule has 0 saturated carbocycles. The predicted molar refractivity (Wildman–Crippen MR) is 47.9 cm³/mol. The van der Waals surface area contributed by atoms with Gasteiger partial charge in [-0.15, -0.1) is 0 Å². The van der Waals surface area contributed by atoms with Crippen LogP contribution in [0.4, 0.5) is 0 Å². The van der Waals surface area contributed by atoms with Crippen LogP contribution in [0.25, 0.3) is 0 Å². The molecule has 0 bridgehead atoms. The highest BCUT2D eigenvalue weighted by Crippen LogP contribution is 2.03. The summed E-state index contributed by atoms with van der Waals surface area (Å²) < 4.78 is 0. The summed E-state index contributed by atoms with van der Waals surface area (Å²) in [5, 5.41) is 9.39. The summed E-state index contributed by atoms with van der Waals surface area (Å²) in [6.07, 6.45) is 3.62. The maximum atomic E-state index is 10.2. The van der Waals surface area contributed by atoms with Gasteiger partial charge in [0.1, 0.15) is 6.04 Å². The third-order valence-corrected chi connectivity index (χ3v) is 2.03.